The van der Waals surface area contributed by atoms with E-state index in [1.807, 2.05) is 0 Å². The molecule has 0 aromatic rings. The van der Waals surface area contributed by atoms with E-state index in [0.717, 1.165) is 37.9 Å². The smallest absolute Gasteiger partial charge is 0.191 e. The van der Waals surface area contributed by atoms with Crippen molar-refractivity contribution in [1.82, 2.24) is 4.90 Å². The molecule has 0 spiro atoms. The fourth-order valence-electron chi connectivity index (χ4n) is 2.94. The van der Waals surface area contributed by atoms with Gasteiger partial charge in [-0.1, -0.05) is 18.6 Å². The van der Waals surface area contributed by atoms with Gasteiger partial charge in [-0.05, 0) is 50.9 Å². The summed E-state index contributed by atoms with van der Waals surface area (Å²) in [5.41, 5.74) is 7.67. The summed E-state index contributed by atoms with van der Waals surface area (Å²) in [4.78, 5) is 6.81. The molecule has 3 nitrogen and oxygen atoms in total. The third-order valence-electron chi connectivity index (χ3n) is 4.07. The number of hydrogen-bond donors (Lipinski definition) is 1. The third kappa shape index (κ3) is 4.04. The zero-order valence-electron chi connectivity index (χ0n) is 11.7. The molecule has 18 heavy (non-hydrogen) atoms. The van der Waals surface area contributed by atoms with Gasteiger partial charge in [0.15, 0.2) is 5.96 Å². The summed E-state index contributed by atoms with van der Waals surface area (Å²) in [6.45, 7) is 5.33. The first-order chi connectivity index (χ1) is 8.75. The van der Waals surface area contributed by atoms with Gasteiger partial charge in [0.2, 0.25) is 0 Å². The van der Waals surface area contributed by atoms with Crippen molar-refractivity contribution in [1.29, 1.82) is 0 Å². The fraction of sp³-hybridized carbons (Fsp3) is 0.800. The predicted molar refractivity (Wildman–Crippen MR) is 77.6 cm³/mol. The molecule has 0 aromatic heterocycles. The van der Waals surface area contributed by atoms with Gasteiger partial charge in [0.05, 0.1) is 0 Å². The van der Waals surface area contributed by atoms with Crippen molar-refractivity contribution in [3.8, 4) is 0 Å². The van der Waals surface area contributed by atoms with Crippen LogP contribution in [0.2, 0.25) is 0 Å². The van der Waals surface area contributed by atoms with E-state index in [4.69, 9.17) is 5.73 Å². The maximum Gasteiger partial charge on any atom is 0.191 e. The molecule has 0 amide bonds. The third-order valence-corrected chi connectivity index (χ3v) is 4.07. The van der Waals surface area contributed by atoms with Crippen LogP contribution in [-0.4, -0.2) is 30.5 Å². The van der Waals surface area contributed by atoms with Crippen LogP contribution in [0.4, 0.5) is 0 Å². The molecular weight excluding hydrogens is 222 g/mol. The van der Waals surface area contributed by atoms with Crippen molar-refractivity contribution in [3.05, 3.63) is 11.6 Å². The minimum Gasteiger partial charge on any atom is -0.370 e. The van der Waals surface area contributed by atoms with E-state index in [1.165, 1.54) is 38.5 Å². The van der Waals surface area contributed by atoms with Crippen LogP contribution in [0.15, 0.2) is 16.6 Å². The average Bonchev–Trinajstić information content (AvgIpc) is 2.40. The van der Waals surface area contributed by atoms with Gasteiger partial charge in [0.1, 0.15) is 0 Å². The fourth-order valence-corrected chi connectivity index (χ4v) is 2.94. The minimum absolute atomic E-state index is 0.758. The second-order valence-electron chi connectivity index (χ2n) is 5.79. The van der Waals surface area contributed by atoms with Crippen LogP contribution in [0.3, 0.4) is 0 Å². The van der Waals surface area contributed by atoms with Crippen LogP contribution in [0.1, 0.15) is 51.9 Å². The van der Waals surface area contributed by atoms with E-state index >= 15 is 0 Å². The maximum atomic E-state index is 6.08. The molecule has 1 heterocycles. The topological polar surface area (TPSA) is 41.6 Å². The Morgan fingerprint density at radius 2 is 2.33 bits per heavy atom. The van der Waals surface area contributed by atoms with Gasteiger partial charge >= 0.3 is 0 Å². The first-order valence-electron chi connectivity index (χ1n) is 7.48. The van der Waals surface area contributed by atoms with Crippen molar-refractivity contribution >= 4 is 5.96 Å². The molecule has 2 aliphatic rings. The predicted octanol–water partition coefficient (Wildman–Crippen LogP) is 2.92. The second-order valence-corrected chi connectivity index (χ2v) is 5.79. The van der Waals surface area contributed by atoms with Crippen LogP contribution < -0.4 is 5.73 Å². The summed E-state index contributed by atoms with van der Waals surface area (Å²) in [5, 5.41) is 0. The maximum absolute atomic E-state index is 6.08. The number of guanidine groups is 1. The first kappa shape index (κ1) is 13.4. The van der Waals surface area contributed by atoms with E-state index in [1.54, 1.807) is 5.57 Å². The van der Waals surface area contributed by atoms with Crippen LogP contribution >= 0.6 is 0 Å². The Morgan fingerprint density at radius 3 is 3.06 bits per heavy atom. The quantitative estimate of drug-likeness (QED) is 0.475. The van der Waals surface area contributed by atoms with Gasteiger partial charge in [0.25, 0.3) is 0 Å². The number of piperidine rings is 1. The number of likely N-dealkylation sites (tertiary alicyclic amines) is 1. The molecule has 1 aliphatic carbocycles. The number of nitrogens with two attached hydrogens (primary N) is 1. The first-order valence-corrected chi connectivity index (χ1v) is 7.48. The Hall–Kier alpha value is -0.990. The van der Waals surface area contributed by atoms with E-state index in [2.05, 4.69) is 22.9 Å². The highest BCUT2D eigenvalue weighted by atomic mass is 15.3. The normalized spacial score (nSPS) is 26.1. The molecule has 1 atom stereocenters. The summed E-state index contributed by atoms with van der Waals surface area (Å²) < 4.78 is 0. The highest BCUT2D eigenvalue weighted by molar-refractivity contribution is 5.78. The van der Waals surface area contributed by atoms with Gasteiger partial charge in [-0.2, -0.15) is 0 Å². The number of allylic oxidation sites excluding steroid dienone is 1. The highest BCUT2D eigenvalue weighted by Gasteiger charge is 2.17. The van der Waals surface area contributed by atoms with Crippen LogP contribution in [0.25, 0.3) is 0 Å². The SMILES string of the molecule is CC1CCCN(C(N)=NCCC2=CCCCC2)C1. The van der Waals surface area contributed by atoms with Gasteiger partial charge in [-0.25, -0.2) is 0 Å². The van der Waals surface area contributed by atoms with Crippen LogP contribution in [-0.2, 0) is 0 Å². The molecule has 0 bridgehead atoms. The largest absolute Gasteiger partial charge is 0.370 e. The Labute approximate surface area is 111 Å². The number of nitrogens with zero attached hydrogens (tertiary/aromatic N) is 2. The summed E-state index contributed by atoms with van der Waals surface area (Å²) in [6, 6.07) is 0. The van der Waals surface area contributed by atoms with Crippen molar-refractivity contribution in [2.75, 3.05) is 19.6 Å². The van der Waals surface area contributed by atoms with E-state index < -0.39 is 0 Å². The van der Waals surface area contributed by atoms with Crippen LogP contribution in [0, 0.1) is 5.92 Å². The number of aliphatic imine (C=N–C) groups is 1. The molecule has 2 N–H and O–H groups in total. The lowest BCUT2D eigenvalue weighted by molar-refractivity contribution is 0.270. The number of rotatable bonds is 3. The summed E-state index contributed by atoms with van der Waals surface area (Å²) in [5.74, 6) is 1.52. The zero-order valence-corrected chi connectivity index (χ0v) is 11.7. The molecule has 1 fully saturated rings. The summed E-state index contributed by atoms with van der Waals surface area (Å²) >= 11 is 0. The average molecular weight is 249 g/mol. The van der Waals surface area contributed by atoms with Crippen LogP contribution in [0.5, 0.6) is 0 Å². The zero-order chi connectivity index (χ0) is 12.8. The monoisotopic (exact) mass is 249 g/mol. The van der Waals surface area contributed by atoms with Gasteiger partial charge < -0.3 is 10.6 Å². The lowest BCUT2D eigenvalue weighted by Gasteiger charge is -2.31. The molecule has 1 aliphatic heterocycles. The van der Waals surface area contributed by atoms with E-state index in [-0.39, 0.29) is 0 Å². The molecule has 1 unspecified atom stereocenters. The van der Waals surface area contributed by atoms with Crippen molar-refractivity contribution < 1.29 is 0 Å². The second kappa shape index (κ2) is 6.81. The number of hydrogen-bond acceptors (Lipinski definition) is 1. The molecular formula is C15H27N3. The molecule has 3 heteroatoms. The standard InChI is InChI=1S/C15H27N3/c1-13-6-5-11-18(12-13)15(16)17-10-9-14-7-3-2-4-8-14/h7,13H,2-6,8-12H2,1H3,(H2,16,17). The lowest BCUT2D eigenvalue weighted by Crippen LogP contribution is -2.43. The van der Waals surface area contributed by atoms with E-state index in [0.29, 0.717) is 0 Å². The Bertz CT molecular complexity index is 320. The van der Waals surface area contributed by atoms with Gasteiger partial charge in [-0.3, -0.25) is 4.99 Å². The molecule has 0 saturated carbocycles. The molecule has 0 radical (unpaired) electrons. The Morgan fingerprint density at radius 1 is 1.44 bits per heavy atom. The summed E-state index contributed by atoms with van der Waals surface area (Å²) in [6.07, 6.45) is 11.3. The Kier molecular flexibility index (Phi) is 5.09. The Balaban J connectivity index is 1.75. The molecule has 0 aromatic carbocycles. The van der Waals surface area contributed by atoms with Crippen molar-refractivity contribution in [2.24, 2.45) is 16.6 Å². The summed E-state index contributed by atoms with van der Waals surface area (Å²) in [7, 11) is 0. The molecule has 1 saturated heterocycles. The lowest BCUT2D eigenvalue weighted by atomic mass is 9.97. The molecule has 102 valence electrons. The minimum atomic E-state index is 0.758. The molecule has 2 rings (SSSR count). The van der Waals surface area contributed by atoms with Gasteiger partial charge in [0, 0.05) is 19.6 Å². The van der Waals surface area contributed by atoms with Crippen molar-refractivity contribution in [3.63, 3.8) is 0 Å². The van der Waals surface area contributed by atoms with E-state index in [9.17, 15) is 0 Å². The highest BCUT2D eigenvalue weighted by Crippen LogP contribution is 2.20. The van der Waals surface area contributed by atoms with Gasteiger partial charge in [-0.15, -0.1) is 0 Å². The van der Waals surface area contributed by atoms with Crippen molar-refractivity contribution in [2.45, 2.75) is 51.9 Å².